The molecule has 0 heterocycles. The lowest BCUT2D eigenvalue weighted by Gasteiger charge is -1.95. The van der Waals surface area contributed by atoms with E-state index in [4.69, 9.17) is 5.73 Å². The molecule has 2 N–H and O–H groups in total. The van der Waals surface area contributed by atoms with Gasteiger partial charge in [-0.1, -0.05) is 0 Å². The van der Waals surface area contributed by atoms with Crippen molar-refractivity contribution in [2.75, 3.05) is 7.11 Å². The van der Waals surface area contributed by atoms with Crippen molar-refractivity contribution in [3.63, 3.8) is 0 Å². The normalized spacial score (nSPS) is 46.7. The predicted octanol–water partition coefficient (Wildman–Crippen LogP) is 0.143. The summed E-state index contributed by atoms with van der Waals surface area (Å²) >= 11 is 0. The smallest absolute Gasteiger partial charge is 0.308 e. The van der Waals surface area contributed by atoms with Crippen molar-refractivity contribution in [3.8, 4) is 0 Å². The Kier molecular flexibility index (Phi) is 1.42. The lowest BCUT2D eigenvalue weighted by molar-refractivity contribution is -0.142. The fraction of sp³-hybridized carbons (Fsp3) is 0.875. The largest absolute Gasteiger partial charge is 0.469 e. The molecule has 0 unspecified atom stereocenters. The van der Waals surface area contributed by atoms with Crippen LogP contribution in [0.2, 0.25) is 0 Å². The molecule has 2 saturated carbocycles. The van der Waals surface area contributed by atoms with Crippen molar-refractivity contribution in [1.82, 2.24) is 0 Å². The van der Waals surface area contributed by atoms with Crippen molar-refractivity contribution in [1.29, 1.82) is 0 Å². The van der Waals surface area contributed by atoms with E-state index in [1.165, 1.54) is 7.11 Å². The summed E-state index contributed by atoms with van der Waals surface area (Å²) in [6, 6.07) is 0.370. The van der Waals surface area contributed by atoms with E-state index in [2.05, 4.69) is 4.74 Å². The topological polar surface area (TPSA) is 52.3 Å². The molecule has 2 aliphatic carbocycles. The van der Waals surface area contributed by atoms with Crippen LogP contribution in [0.4, 0.5) is 0 Å². The zero-order chi connectivity index (χ0) is 8.01. The Labute approximate surface area is 65.9 Å². The van der Waals surface area contributed by atoms with Gasteiger partial charge in [-0.2, -0.15) is 0 Å². The summed E-state index contributed by atoms with van der Waals surface area (Å²) in [5.41, 5.74) is 5.66. The lowest BCUT2D eigenvalue weighted by atomic mass is 10.2. The van der Waals surface area contributed by atoms with Gasteiger partial charge < -0.3 is 10.5 Å². The summed E-state index contributed by atoms with van der Waals surface area (Å²) in [5, 5.41) is 0. The first-order chi connectivity index (χ1) is 5.24. The van der Waals surface area contributed by atoms with Crippen LogP contribution in [0.25, 0.3) is 0 Å². The zero-order valence-corrected chi connectivity index (χ0v) is 6.62. The van der Waals surface area contributed by atoms with Crippen LogP contribution in [0, 0.1) is 17.8 Å². The van der Waals surface area contributed by atoms with E-state index < -0.39 is 0 Å². The summed E-state index contributed by atoms with van der Waals surface area (Å²) in [6.07, 6.45) is 2.11. The van der Waals surface area contributed by atoms with Gasteiger partial charge in [0.05, 0.1) is 13.0 Å². The van der Waals surface area contributed by atoms with Gasteiger partial charge in [0.15, 0.2) is 0 Å². The van der Waals surface area contributed by atoms with Crippen LogP contribution < -0.4 is 5.73 Å². The number of esters is 1. The molecule has 0 saturated heterocycles. The Morgan fingerprint density at radius 1 is 1.45 bits per heavy atom. The summed E-state index contributed by atoms with van der Waals surface area (Å²) in [7, 11) is 1.45. The van der Waals surface area contributed by atoms with Gasteiger partial charge in [-0.3, -0.25) is 4.79 Å². The second-order valence-corrected chi connectivity index (χ2v) is 3.59. The van der Waals surface area contributed by atoms with E-state index in [1.54, 1.807) is 0 Å². The predicted molar refractivity (Wildman–Crippen MR) is 39.7 cm³/mol. The molecule has 11 heavy (non-hydrogen) atoms. The SMILES string of the molecule is COC(=O)[C@H]1C[C@H]1[C@H]1C[C@H]1N. The number of carbonyl (C=O) groups is 1. The monoisotopic (exact) mass is 155 g/mol. The van der Waals surface area contributed by atoms with Gasteiger partial charge in [0.25, 0.3) is 0 Å². The molecule has 0 amide bonds. The average Bonchev–Trinajstić information content (AvgIpc) is 2.81. The molecule has 0 aromatic carbocycles. The van der Waals surface area contributed by atoms with Crippen LogP contribution in [0.1, 0.15) is 12.8 Å². The highest BCUT2D eigenvalue weighted by molar-refractivity contribution is 5.75. The van der Waals surface area contributed by atoms with Crippen molar-refractivity contribution >= 4 is 5.97 Å². The number of hydrogen-bond donors (Lipinski definition) is 1. The highest BCUT2D eigenvalue weighted by Crippen LogP contribution is 2.53. The fourth-order valence-corrected chi connectivity index (χ4v) is 1.84. The van der Waals surface area contributed by atoms with E-state index >= 15 is 0 Å². The van der Waals surface area contributed by atoms with Crippen LogP contribution in [-0.4, -0.2) is 19.1 Å². The maximum Gasteiger partial charge on any atom is 0.308 e. The molecule has 0 bridgehead atoms. The first kappa shape index (κ1) is 7.10. The van der Waals surface area contributed by atoms with Crippen LogP contribution in [0.15, 0.2) is 0 Å². The third-order valence-corrected chi connectivity index (χ3v) is 2.78. The summed E-state index contributed by atoms with van der Waals surface area (Å²) in [5.74, 6) is 1.31. The molecule has 2 aliphatic rings. The minimum absolute atomic E-state index is 0.0471. The average molecular weight is 155 g/mol. The molecule has 62 valence electrons. The number of methoxy groups -OCH3 is 1. The van der Waals surface area contributed by atoms with E-state index in [-0.39, 0.29) is 11.9 Å². The first-order valence-corrected chi connectivity index (χ1v) is 4.07. The fourth-order valence-electron chi connectivity index (χ4n) is 1.84. The molecular weight excluding hydrogens is 142 g/mol. The van der Waals surface area contributed by atoms with E-state index in [9.17, 15) is 4.79 Å². The molecule has 3 heteroatoms. The van der Waals surface area contributed by atoms with Crippen LogP contribution in [0.3, 0.4) is 0 Å². The van der Waals surface area contributed by atoms with Gasteiger partial charge in [0, 0.05) is 6.04 Å². The highest BCUT2D eigenvalue weighted by atomic mass is 16.5. The standard InChI is InChI=1S/C8H13NO2/c1-11-8(10)6-2-4(6)5-3-7(5)9/h4-7H,2-3,9H2,1H3/t4-,5+,6-,7+/m0/s1. The summed E-state index contributed by atoms with van der Waals surface area (Å²) < 4.78 is 4.64. The van der Waals surface area contributed by atoms with Crippen molar-refractivity contribution in [2.45, 2.75) is 18.9 Å². The van der Waals surface area contributed by atoms with E-state index in [0.29, 0.717) is 17.9 Å². The molecule has 0 radical (unpaired) electrons. The molecule has 4 atom stereocenters. The number of carbonyl (C=O) groups excluding carboxylic acids is 1. The lowest BCUT2D eigenvalue weighted by Crippen LogP contribution is -2.08. The second-order valence-electron chi connectivity index (χ2n) is 3.59. The Balaban J connectivity index is 1.82. The first-order valence-electron chi connectivity index (χ1n) is 4.07. The Morgan fingerprint density at radius 2 is 2.09 bits per heavy atom. The van der Waals surface area contributed by atoms with Crippen LogP contribution in [-0.2, 0) is 9.53 Å². The Morgan fingerprint density at radius 3 is 2.55 bits per heavy atom. The van der Waals surface area contributed by atoms with Crippen LogP contribution >= 0.6 is 0 Å². The number of nitrogens with two attached hydrogens (primary N) is 1. The van der Waals surface area contributed by atoms with Gasteiger partial charge in [-0.15, -0.1) is 0 Å². The van der Waals surface area contributed by atoms with Crippen LogP contribution in [0.5, 0.6) is 0 Å². The minimum Gasteiger partial charge on any atom is -0.469 e. The Hall–Kier alpha value is -0.570. The molecule has 0 aromatic heterocycles. The molecule has 0 aromatic rings. The summed E-state index contributed by atoms with van der Waals surface area (Å²) in [6.45, 7) is 0. The third kappa shape index (κ3) is 1.13. The third-order valence-electron chi connectivity index (χ3n) is 2.78. The van der Waals surface area contributed by atoms with Gasteiger partial charge in [0.1, 0.15) is 0 Å². The summed E-state index contributed by atoms with van der Waals surface area (Å²) in [4.78, 5) is 11.0. The van der Waals surface area contributed by atoms with E-state index in [0.717, 1.165) is 12.8 Å². The zero-order valence-electron chi connectivity index (χ0n) is 6.62. The molecule has 0 aliphatic heterocycles. The number of hydrogen-bond acceptors (Lipinski definition) is 3. The van der Waals surface area contributed by atoms with Gasteiger partial charge in [-0.25, -0.2) is 0 Å². The van der Waals surface area contributed by atoms with E-state index in [1.807, 2.05) is 0 Å². The molecule has 2 fully saturated rings. The second kappa shape index (κ2) is 2.21. The number of rotatable bonds is 2. The maximum atomic E-state index is 11.0. The molecule has 0 spiro atoms. The Bertz CT molecular complexity index is 193. The van der Waals surface area contributed by atoms with Crippen molar-refractivity contribution in [3.05, 3.63) is 0 Å². The highest BCUT2D eigenvalue weighted by Gasteiger charge is 2.55. The van der Waals surface area contributed by atoms with Gasteiger partial charge >= 0.3 is 5.97 Å². The van der Waals surface area contributed by atoms with Crippen molar-refractivity contribution in [2.24, 2.45) is 23.5 Å². The van der Waals surface area contributed by atoms with Crippen molar-refractivity contribution < 1.29 is 9.53 Å². The minimum atomic E-state index is -0.0471. The maximum absolute atomic E-state index is 11.0. The van der Waals surface area contributed by atoms with Gasteiger partial charge in [0.2, 0.25) is 0 Å². The molecule has 3 nitrogen and oxygen atoms in total. The molecule has 2 rings (SSSR count). The van der Waals surface area contributed by atoms with Gasteiger partial charge in [-0.05, 0) is 24.7 Å². The number of ether oxygens (including phenoxy) is 1. The quantitative estimate of drug-likeness (QED) is 0.577. The molecular formula is C8H13NO2.